The van der Waals surface area contributed by atoms with Crippen LogP contribution in [-0.4, -0.2) is 23.9 Å². The van der Waals surface area contributed by atoms with Crippen LogP contribution in [-0.2, 0) is 9.59 Å². The van der Waals surface area contributed by atoms with Crippen LogP contribution >= 0.6 is 11.6 Å². The van der Waals surface area contributed by atoms with Crippen LogP contribution in [0.5, 0.6) is 5.75 Å². The van der Waals surface area contributed by atoms with Gasteiger partial charge in [-0.15, -0.1) is 0 Å². The molecular formula is C20H17ClN2O4. The second-order valence-corrected chi connectivity index (χ2v) is 6.61. The molecule has 0 unspecified atom stereocenters. The summed E-state index contributed by atoms with van der Waals surface area (Å²) >= 11 is 5.85. The third-order valence-corrected chi connectivity index (χ3v) is 4.00. The van der Waals surface area contributed by atoms with Crippen LogP contribution in [0.3, 0.4) is 0 Å². The van der Waals surface area contributed by atoms with E-state index < -0.39 is 17.8 Å². The zero-order chi connectivity index (χ0) is 19.6. The lowest BCUT2D eigenvalue weighted by Gasteiger charge is -2.26. The molecule has 4 amide bonds. The first kappa shape index (κ1) is 18.7. The van der Waals surface area contributed by atoms with Crippen molar-refractivity contribution in [3.8, 4) is 5.75 Å². The van der Waals surface area contributed by atoms with Gasteiger partial charge in [-0.2, -0.15) is 0 Å². The molecule has 1 N–H and O–H groups in total. The van der Waals surface area contributed by atoms with E-state index in [0.717, 1.165) is 4.90 Å². The molecule has 0 atom stereocenters. The fourth-order valence-corrected chi connectivity index (χ4v) is 2.69. The minimum Gasteiger partial charge on any atom is -0.491 e. The summed E-state index contributed by atoms with van der Waals surface area (Å²) in [6.45, 7) is 3.84. The van der Waals surface area contributed by atoms with Gasteiger partial charge in [0.15, 0.2) is 0 Å². The lowest BCUT2D eigenvalue weighted by Crippen LogP contribution is -2.54. The number of urea groups is 1. The molecule has 1 aliphatic rings. The Bertz CT molecular complexity index is 918. The highest BCUT2D eigenvalue weighted by molar-refractivity contribution is 6.39. The highest BCUT2D eigenvalue weighted by atomic mass is 35.5. The Kier molecular flexibility index (Phi) is 5.28. The Labute approximate surface area is 161 Å². The smallest absolute Gasteiger partial charge is 0.335 e. The Hall–Kier alpha value is -3.12. The van der Waals surface area contributed by atoms with E-state index in [2.05, 4.69) is 5.32 Å². The summed E-state index contributed by atoms with van der Waals surface area (Å²) < 4.78 is 5.57. The van der Waals surface area contributed by atoms with Crippen molar-refractivity contribution in [2.45, 2.75) is 20.0 Å². The molecule has 2 aromatic carbocycles. The zero-order valence-electron chi connectivity index (χ0n) is 14.7. The fraction of sp³-hybridized carbons (Fsp3) is 0.150. The number of carbonyl (C=O) groups excluding carboxylic acids is 3. The number of nitrogens with zero attached hydrogens (tertiary/aromatic N) is 1. The number of hydrogen-bond donors (Lipinski definition) is 1. The highest BCUT2D eigenvalue weighted by Gasteiger charge is 2.36. The van der Waals surface area contributed by atoms with Crippen molar-refractivity contribution < 1.29 is 19.1 Å². The SMILES string of the molecule is CC(C)Oc1ccc(C=C2C(=O)NC(=O)N(c3ccc(Cl)cc3)C2=O)cc1. The number of nitrogens with one attached hydrogen (secondary N) is 1. The lowest BCUT2D eigenvalue weighted by molar-refractivity contribution is -0.122. The topological polar surface area (TPSA) is 75.7 Å². The van der Waals surface area contributed by atoms with Crippen molar-refractivity contribution >= 4 is 41.2 Å². The van der Waals surface area contributed by atoms with Crippen molar-refractivity contribution in [2.75, 3.05) is 4.90 Å². The summed E-state index contributed by atoms with van der Waals surface area (Å²) in [5.74, 6) is -0.754. The summed E-state index contributed by atoms with van der Waals surface area (Å²) in [5.41, 5.74) is 0.818. The van der Waals surface area contributed by atoms with E-state index in [1.165, 1.54) is 18.2 Å². The highest BCUT2D eigenvalue weighted by Crippen LogP contribution is 2.24. The Morgan fingerprint density at radius 3 is 2.22 bits per heavy atom. The first-order valence-corrected chi connectivity index (χ1v) is 8.66. The van der Waals surface area contributed by atoms with Crippen LogP contribution < -0.4 is 15.0 Å². The molecule has 0 spiro atoms. The summed E-state index contributed by atoms with van der Waals surface area (Å²) in [4.78, 5) is 38.0. The molecule has 2 aromatic rings. The maximum Gasteiger partial charge on any atom is 0.335 e. The lowest BCUT2D eigenvalue weighted by atomic mass is 10.1. The van der Waals surface area contributed by atoms with Gasteiger partial charge in [0, 0.05) is 5.02 Å². The fourth-order valence-electron chi connectivity index (χ4n) is 2.56. The van der Waals surface area contributed by atoms with E-state index in [4.69, 9.17) is 16.3 Å². The van der Waals surface area contributed by atoms with Crippen LogP contribution in [0.4, 0.5) is 10.5 Å². The van der Waals surface area contributed by atoms with Gasteiger partial charge in [-0.25, -0.2) is 9.69 Å². The Balaban J connectivity index is 1.90. The normalized spacial score (nSPS) is 16.1. The third-order valence-electron chi connectivity index (χ3n) is 3.75. The van der Waals surface area contributed by atoms with Gasteiger partial charge in [0.2, 0.25) is 0 Å². The quantitative estimate of drug-likeness (QED) is 0.642. The molecule has 3 rings (SSSR count). The number of anilines is 1. The van der Waals surface area contributed by atoms with Gasteiger partial charge >= 0.3 is 6.03 Å². The number of hydrogen-bond acceptors (Lipinski definition) is 4. The minimum atomic E-state index is -0.801. The van der Waals surface area contributed by atoms with E-state index in [9.17, 15) is 14.4 Å². The molecule has 0 aliphatic carbocycles. The zero-order valence-corrected chi connectivity index (χ0v) is 15.5. The van der Waals surface area contributed by atoms with Crippen molar-refractivity contribution in [2.24, 2.45) is 0 Å². The largest absolute Gasteiger partial charge is 0.491 e. The van der Waals surface area contributed by atoms with Crippen molar-refractivity contribution in [3.05, 3.63) is 64.7 Å². The van der Waals surface area contributed by atoms with Gasteiger partial charge in [-0.3, -0.25) is 14.9 Å². The molecule has 0 saturated carbocycles. The minimum absolute atomic E-state index is 0.0406. The number of benzene rings is 2. The predicted molar refractivity (Wildman–Crippen MR) is 103 cm³/mol. The van der Waals surface area contributed by atoms with Gasteiger partial charge < -0.3 is 4.74 Å². The molecule has 138 valence electrons. The number of amides is 4. The molecule has 27 heavy (non-hydrogen) atoms. The van der Waals surface area contributed by atoms with Gasteiger partial charge in [0.05, 0.1) is 11.8 Å². The summed E-state index contributed by atoms with van der Waals surface area (Å²) in [6.07, 6.45) is 1.48. The van der Waals surface area contributed by atoms with E-state index in [0.29, 0.717) is 22.0 Å². The van der Waals surface area contributed by atoms with E-state index in [1.54, 1.807) is 36.4 Å². The molecule has 0 radical (unpaired) electrons. The Morgan fingerprint density at radius 1 is 1.00 bits per heavy atom. The average Bonchev–Trinajstić information content (AvgIpc) is 2.61. The second-order valence-electron chi connectivity index (χ2n) is 6.17. The van der Waals surface area contributed by atoms with Crippen molar-refractivity contribution in [1.82, 2.24) is 5.32 Å². The molecule has 1 saturated heterocycles. The number of ether oxygens (including phenoxy) is 1. The van der Waals surface area contributed by atoms with E-state index in [-0.39, 0.29) is 11.7 Å². The van der Waals surface area contributed by atoms with E-state index >= 15 is 0 Å². The molecular weight excluding hydrogens is 368 g/mol. The van der Waals surface area contributed by atoms with Crippen LogP contribution in [0.1, 0.15) is 19.4 Å². The van der Waals surface area contributed by atoms with Crippen molar-refractivity contribution in [3.63, 3.8) is 0 Å². The van der Waals surface area contributed by atoms with Crippen LogP contribution in [0.15, 0.2) is 54.1 Å². The number of halogens is 1. The van der Waals surface area contributed by atoms with Crippen LogP contribution in [0.2, 0.25) is 5.02 Å². The number of rotatable bonds is 4. The summed E-state index contributed by atoms with van der Waals surface area (Å²) in [7, 11) is 0. The van der Waals surface area contributed by atoms with Gasteiger partial charge in [0.25, 0.3) is 11.8 Å². The number of imide groups is 2. The number of barbiturate groups is 1. The van der Waals surface area contributed by atoms with Crippen LogP contribution in [0, 0.1) is 0 Å². The van der Waals surface area contributed by atoms with E-state index in [1.807, 2.05) is 13.8 Å². The maximum atomic E-state index is 12.8. The van der Waals surface area contributed by atoms with Gasteiger partial charge in [-0.1, -0.05) is 23.7 Å². The molecule has 6 nitrogen and oxygen atoms in total. The molecule has 1 fully saturated rings. The number of carbonyl (C=O) groups is 3. The standard InChI is InChI=1S/C20H17ClN2O4/c1-12(2)27-16-9-3-13(4-10-16)11-17-18(24)22-20(26)23(19(17)25)15-7-5-14(21)6-8-15/h3-12H,1-2H3,(H,22,24,26). The third kappa shape index (κ3) is 4.17. The molecule has 7 heteroatoms. The summed E-state index contributed by atoms with van der Waals surface area (Å²) in [5, 5.41) is 2.65. The van der Waals surface area contributed by atoms with Gasteiger partial charge in [0.1, 0.15) is 11.3 Å². The average molecular weight is 385 g/mol. The van der Waals surface area contributed by atoms with Crippen LogP contribution in [0.25, 0.3) is 6.08 Å². The molecule has 0 bridgehead atoms. The molecule has 1 aliphatic heterocycles. The van der Waals surface area contributed by atoms with Gasteiger partial charge in [-0.05, 0) is 61.9 Å². The summed E-state index contributed by atoms with van der Waals surface area (Å²) in [6, 6.07) is 12.3. The maximum absolute atomic E-state index is 12.8. The monoisotopic (exact) mass is 384 g/mol. The first-order valence-electron chi connectivity index (χ1n) is 8.29. The Morgan fingerprint density at radius 2 is 1.63 bits per heavy atom. The first-order chi connectivity index (χ1) is 12.8. The predicted octanol–water partition coefficient (Wildman–Crippen LogP) is 3.79. The molecule has 0 aromatic heterocycles. The molecule has 1 heterocycles. The second kappa shape index (κ2) is 7.63. The van der Waals surface area contributed by atoms with Crippen molar-refractivity contribution in [1.29, 1.82) is 0 Å².